The number of carbonyl (C=O) groups excluding carboxylic acids is 1. The molecule has 21 heavy (non-hydrogen) atoms. The van der Waals surface area contributed by atoms with Crippen molar-refractivity contribution < 1.29 is 96.4 Å². The van der Waals surface area contributed by atoms with Crippen molar-refractivity contribution in [3.63, 3.8) is 0 Å². The average Bonchev–Trinajstić information content (AvgIpc) is 2.14. The van der Waals surface area contributed by atoms with Crippen LogP contribution in [0.25, 0.3) is 0 Å². The summed E-state index contributed by atoms with van der Waals surface area (Å²) in [7, 11) is 0. The number of carboxylic acid groups (broad SMARTS) is 6. The number of aliphatic carboxylic acids is 2. The van der Waals surface area contributed by atoms with E-state index in [-0.39, 0.29) is 59.5 Å². The summed E-state index contributed by atoms with van der Waals surface area (Å²) in [4.78, 5) is 36.7. The van der Waals surface area contributed by atoms with Crippen LogP contribution in [0.3, 0.4) is 0 Å². The summed E-state index contributed by atoms with van der Waals surface area (Å²) in [6.07, 6.45) is -4.21. The first kappa shape index (κ1) is 32.3. The van der Waals surface area contributed by atoms with Crippen molar-refractivity contribution in [1.82, 2.24) is 0 Å². The summed E-state index contributed by atoms with van der Waals surface area (Å²) in [6.45, 7) is 0. The molecule has 1 radical (unpaired) electrons. The third-order valence-electron chi connectivity index (χ3n) is 0.921. The van der Waals surface area contributed by atoms with Crippen LogP contribution >= 0.6 is 11.8 Å². The molecule has 0 aliphatic heterocycles. The molecule has 121 valence electrons. The van der Waals surface area contributed by atoms with E-state index in [9.17, 15) is 9.59 Å². The molecule has 0 spiro atoms. The van der Waals surface area contributed by atoms with E-state index in [1.165, 1.54) is 11.8 Å². The molecule has 0 amide bonds. The Bertz CT molecular complexity index is 265. The summed E-state index contributed by atoms with van der Waals surface area (Å²) >= 11 is 1.35. The van der Waals surface area contributed by atoms with Crippen molar-refractivity contribution in [3.8, 4) is 0 Å². The summed E-state index contributed by atoms with van der Waals surface area (Å²) in [5, 5.41) is 48.4. The van der Waals surface area contributed by atoms with E-state index in [0.29, 0.717) is 11.5 Å². The van der Waals surface area contributed by atoms with E-state index >= 15 is 0 Å². The Morgan fingerprint density at radius 1 is 0.810 bits per heavy atom. The minimum atomic E-state index is -2.33. The molecular weight excluding hydrogens is 375 g/mol. The van der Waals surface area contributed by atoms with Gasteiger partial charge in [0.05, 0.1) is 12.8 Å². The molecule has 0 aliphatic rings. The van der Waals surface area contributed by atoms with Crippen LogP contribution in [0.15, 0.2) is 0 Å². The van der Waals surface area contributed by atoms with Gasteiger partial charge in [0.2, 0.25) is 6.16 Å². The van der Waals surface area contributed by atoms with Crippen LogP contribution in [0.2, 0.25) is 0 Å². The molecule has 0 saturated heterocycles. The summed E-state index contributed by atoms with van der Waals surface area (Å²) in [5.41, 5.74) is 0. The maximum absolute atomic E-state index is 9.97. The molecule has 0 unspecified atom stereocenters. The van der Waals surface area contributed by atoms with E-state index < -0.39 is 24.2 Å². The molecule has 0 bridgehead atoms. The minimum absolute atomic E-state index is 0. The van der Waals surface area contributed by atoms with Crippen molar-refractivity contribution >= 4 is 36.0 Å². The first-order valence-electron chi connectivity index (χ1n) is 4.38. The third kappa shape index (κ3) is 108. The van der Waals surface area contributed by atoms with Crippen LogP contribution in [0.4, 0.5) is 9.59 Å². The summed E-state index contributed by atoms with van der Waals surface area (Å²) < 4.78 is 0. The normalized spacial score (nSPS) is 7.24. The van der Waals surface area contributed by atoms with Gasteiger partial charge in [-0.25, -0.2) is 0 Å². The van der Waals surface area contributed by atoms with Crippen molar-refractivity contribution in [2.24, 2.45) is 0 Å². The monoisotopic (exact) mass is 385 g/mol. The van der Waals surface area contributed by atoms with Crippen LogP contribution in [0.1, 0.15) is 12.8 Å². The van der Waals surface area contributed by atoms with Crippen molar-refractivity contribution in [1.29, 1.82) is 0 Å². The van der Waals surface area contributed by atoms with Crippen LogP contribution in [-0.2, 0) is 26.7 Å². The van der Waals surface area contributed by atoms with Crippen LogP contribution < -0.4 is 44.9 Å². The quantitative estimate of drug-likeness (QED) is 0.290. The number of hydrogen-bond donors (Lipinski definition) is 3. The first-order chi connectivity index (χ1) is 8.59. The fourth-order valence-electron chi connectivity index (χ4n) is 0.421. The van der Waals surface area contributed by atoms with E-state index in [2.05, 4.69) is 0 Å². The number of carbonyl (C=O) groups is 4. The Labute approximate surface area is 156 Å². The number of hydrogen-bond acceptors (Lipinski definition) is 8. The number of rotatable bonds is 6. The van der Waals surface area contributed by atoms with Gasteiger partial charge in [-0.15, -0.1) is 0 Å². The number of carboxylic acids is 2. The molecule has 0 fully saturated rings. The van der Waals surface area contributed by atoms with Crippen LogP contribution in [0, 0.1) is 0 Å². The summed E-state index contributed by atoms with van der Waals surface area (Å²) in [6, 6.07) is 0. The molecular formula is C8H11CuNaO10S. The van der Waals surface area contributed by atoms with Gasteiger partial charge in [0.1, 0.15) is 0 Å². The Morgan fingerprint density at radius 2 is 1.00 bits per heavy atom. The van der Waals surface area contributed by atoms with E-state index in [1.807, 2.05) is 0 Å². The standard InChI is InChI=1S/C6H10O4S.2CH2O3.Cu.Na/c7-5(8)1-3-11-4-2-6(9)10;2*2-1(3)4;;/h1-4H2,(H,7,8)(H,9,10);2*(H2,2,3,4);;/q;;;+2;+1/p-3. The zero-order valence-corrected chi connectivity index (χ0v) is 14.5. The molecule has 0 heterocycles. The Hall–Kier alpha value is -0.651. The van der Waals surface area contributed by atoms with Gasteiger partial charge in [0, 0.05) is 11.5 Å². The predicted molar refractivity (Wildman–Crippen MR) is 55.3 cm³/mol. The fourth-order valence-corrected chi connectivity index (χ4v) is 1.26. The van der Waals surface area contributed by atoms with E-state index in [0.717, 1.165) is 0 Å². The van der Waals surface area contributed by atoms with Gasteiger partial charge in [-0.2, -0.15) is 11.8 Å². The average molecular weight is 386 g/mol. The van der Waals surface area contributed by atoms with Gasteiger partial charge < -0.3 is 40.2 Å². The molecule has 0 aromatic heterocycles. The second-order valence-corrected chi connectivity index (χ2v) is 3.64. The molecule has 0 aliphatic carbocycles. The van der Waals surface area contributed by atoms with Gasteiger partial charge in [-0.1, -0.05) is 0 Å². The minimum Gasteiger partial charge on any atom is -0.652 e. The molecule has 0 aromatic rings. The van der Waals surface area contributed by atoms with Crippen molar-refractivity contribution in [2.45, 2.75) is 12.8 Å². The Morgan fingerprint density at radius 3 is 1.14 bits per heavy atom. The number of thioether (sulfide) groups is 1. The zero-order valence-electron chi connectivity index (χ0n) is 10.7. The van der Waals surface area contributed by atoms with Crippen LogP contribution in [-0.4, -0.2) is 51.1 Å². The second kappa shape index (κ2) is 24.4. The maximum atomic E-state index is 9.97. The van der Waals surface area contributed by atoms with Gasteiger partial charge in [0.25, 0.3) is 0 Å². The van der Waals surface area contributed by atoms with E-state index in [1.54, 1.807) is 0 Å². The molecule has 13 heteroatoms. The third-order valence-corrected chi connectivity index (χ3v) is 1.91. The van der Waals surface area contributed by atoms with E-state index in [4.69, 9.17) is 40.2 Å². The predicted octanol–water partition coefficient (Wildman–Crippen LogP) is -5.89. The summed E-state index contributed by atoms with van der Waals surface area (Å²) in [5.74, 6) is -0.703. The molecule has 0 atom stereocenters. The topological polar surface area (TPSA) is 198 Å². The van der Waals surface area contributed by atoms with Crippen LogP contribution in [0.5, 0.6) is 0 Å². The van der Waals surface area contributed by atoms with Gasteiger partial charge >= 0.3 is 58.6 Å². The molecule has 3 N–H and O–H groups in total. The molecule has 0 aromatic carbocycles. The zero-order chi connectivity index (χ0) is 15.8. The Kier molecular flexibility index (Phi) is 37.5. The largest absolute Gasteiger partial charge is 2.00 e. The van der Waals surface area contributed by atoms with Crippen molar-refractivity contribution in [3.05, 3.63) is 0 Å². The Balaban J connectivity index is -0.0000000722. The maximum Gasteiger partial charge on any atom is 2.00 e. The van der Waals surface area contributed by atoms with Crippen molar-refractivity contribution in [2.75, 3.05) is 11.5 Å². The molecule has 0 saturated carbocycles. The van der Waals surface area contributed by atoms with Gasteiger partial charge in [-0.05, 0) is 6.16 Å². The molecule has 10 nitrogen and oxygen atoms in total. The van der Waals surface area contributed by atoms with Gasteiger partial charge in [-0.3, -0.25) is 9.59 Å². The smallest absolute Gasteiger partial charge is 0.652 e. The second-order valence-electron chi connectivity index (χ2n) is 2.42. The fraction of sp³-hybridized carbons (Fsp3) is 0.500. The first-order valence-corrected chi connectivity index (χ1v) is 5.54. The molecule has 0 rings (SSSR count). The SMILES string of the molecule is O=C(O)CCSCCC(=O)O.O=C([O-])O.O=C([O-])[O-].[Cu+2].[Na+]. The van der Waals surface area contributed by atoms with Gasteiger partial charge in [0.15, 0.2) is 0 Å².